The van der Waals surface area contributed by atoms with Crippen LogP contribution in [0.5, 0.6) is 0 Å². The molecule has 0 aliphatic rings. The first-order valence-electron chi connectivity index (χ1n) is 9.31. The SMILES string of the molecule is CCCCCCCCCCCCCCCCCC[Si][Si]. The highest BCUT2D eigenvalue weighted by Crippen LogP contribution is 2.13. The molecule has 0 saturated heterocycles. The van der Waals surface area contributed by atoms with E-state index < -0.39 is 0 Å². The molecule has 20 heavy (non-hydrogen) atoms. The molecule has 0 saturated carbocycles. The third-order valence-corrected chi connectivity index (χ3v) is 5.51. The Morgan fingerprint density at radius 1 is 0.500 bits per heavy atom. The number of hydrogen-bond acceptors (Lipinski definition) is 0. The maximum Gasteiger partial charge on any atom is 0.0180 e. The van der Waals surface area contributed by atoms with Gasteiger partial charge in [-0.3, -0.25) is 0 Å². The van der Waals surface area contributed by atoms with Gasteiger partial charge in [-0.25, -0.2) is 0 Å². The van der Waals surface area contributed by atoms with Gasteiger partial charge in [0, 0.05) is 18.8 Å². The molecule has 0 aromatic rings. The summed E-state index contributed by atoms with van der Waals surface area (Å²) in [4.78, 5) is 0. The van der Waals surface area contributed by atoms with Gasteiger partial charge in [0.1, 0.15) is 0 Å². The zero-order valence-corrected chi connectivity index (χ0v) is 16.0. The fourth-order valence-electron chi connectivity index (χ4n) is 2.76. The van der Waals surface area contributed by atoms with Crippen LogP contribution in [-0.4, -0.2) is 18.8 Å². The summed E-state index contributed by atoms with van der Waals surface area (Å²) in [6.45, 7) is 2.30. The van der Waals surface area contributed by atoms with Gasteiger partial charge in [-0.15, -0.1) is 0 Å². The smallest absolute Gasteiger partial charge is 0.0180 e. The molecule has 0 bridgehead atoms. The Morgan fingerprint density at radius 3 is 1.10 bits per heavy atom. The van der Waals surface area contributed by atoms with E-state index in [4.69, 9.17) is 0 Å². The maximum atomic E-state index is 3.57. The van der Waals surface area contributed by atoms with Crippen LogP contribution in [0, 0.1) is 0 Å². The lowest BCUT2D eigenvalue weighted by Crippen LogP contribution is -1.87. The molecule has 0 rings (SSSR count). The normalized spacial score (nSPS) is 11.1. The van der Waals surface area contributed by atoms with Crippen LogP contribution in [0.3, 0.4) is 0 Å². The van der Waals surface area contributed by atoms with E-state index >= 15 is 0 Å². The Morgan fingerprint density at radius 2 is 0.800 bits per heavy atom. The highest BCUT2D eigenvalue weighted by molar-refractivity contribution is 6.89. The Kier molecular flexibility index (Phi) is 19.9. The van der Waals surface area contributed by atoms with Crippen LogP contribution in [0.1, 0.15) is 110 Å². The van der Waals surface area contributed by atoms with Crippen LogP contribution in [-0.2, 0) is 0 Å². The second-order valence-electron chi connectivity index (χ2n) is 6.23. The van der Waals surface area contributed by atoms with Crippen LogP contribution in [0.15, 0.2) is 0 Å². The van der Waals surface area contributed by atoms with Crippen molar-refractivity contribution >= 4 is 18.8 Å². The van der Waals surface area contributed by atoms with E-state index in [9.17, 15) is 0 Å². The molecule has 117 valence electrons. The van der Waals surface area contributed by atoms with Gasteiger partial charge >= 0.3 is 0 Å². The summed E-state index contributed by atoms with van der Waals surface area (Å²) < 4.78 is 0. The van der Waals surface area contributed by atoms with Crippen molar-refractivity contribution in [3.05, 3.63) is 0 Å². The third-order valence-electron chi connectivity index (χ3n) is 4.16. The van der Waals surface area contributed by atoms with Crippen molar-refractivity contribution in [3.63, 3.8) is 0 Å². The number of hydrogen-bond donors (Lipinski definition) is 0. The molecule has 0 aromatic carbocycles. The summed E-state index contributed by atoms with van der Waals surface area (Å²) in [6.07, 6.45) is 23.4. The van der Waals surface area contributed by atoms with E-state index in [1.54, 1.807) is 0 Å². The van der Waals surface area contributed by atoms with Crippen molar-refractivity contribution in [3.8, 4) is 0 Å². The van der Waals surface area contributed by atoms with Gasteiger partial charge in [0.2, 0.25) is 0 Å². The lowest BCUT2D eigenvalue weighted by molar-refractivity contribution is 0.531. The van der Waals surface area contributed by atoms with Crippen molar-refractivity contribution < 1.29 is 0 Å². The first-order chi connectivity index (χ1) is 9.91. The van der Waals surface area contributed by atoms with Crippen LogP contribution < -0.4 is 0 Å². The molecule has 0 aliphatic heterocycles. The van der Waals surface area contributed by atoms with Crippen molar-refractivity contribution in [1.29, 1.82) is 0 Å². The summed E-state index contributed by atoms with van der Waals surface area (Å²) in [5, 5.41) is 0. The molecule has 2 heteroatoms. The minimum Gasteiger partial charge on any atom is -0.0654 e. The molecule has 0 unspecified atom stereocenters. The lowest BCUT2D eigenvalue weighted by Gasteiger charge is -2.03. The van der Waals surface area contributed by atoms with Crippen LogP contribution in [0.25, 0.3) is 0 Å². The molecule has 0 fully saturated rings. The summed E-state index contributed by atoms with van der Waals surface area (Å²) >= 11 is 0. The van der Waals surface area contributed by atoms with E-state index in [1.807, 2.05) is 0 Å². The first kappa shape index (κ1) is 20.4. The predicted molar refractivity (Wildman–Crippen MR) is 95.9 cm³/mol. The highest BCUT2D eigenvalue weighted by atomic mass is 29.1. The molecular weight excluding hydrogens is 272 g/mol. The fourth-order valence-corrected chi connectivity index (χ4v) is 3.72. The third kappa shape index (κ3) is 18.4. The fraction of sp³-hybridized carbons (Fsp3) is 1.00. The van der Waals surface area contributed by atoms with E-state index in [2.05, 4.69) is 16.7 Å². The van der Waals surface area contributed by atoms with Gasteiger partial charge in [0.15, 0.2) is 0 Å². The summed E-state index contributed by atoms with van der Waals surface area (Å²) in [7, 11) is 4.54. The van der Waals surface area contributed by atoms with Gasteiger partial charge in [0.25, 0.3) is 0 Å². The maximum absolute atomic E-state index is 3.57. The molecule has 0 spiro atoms. The van der Waals surface area contributed by atoms with E-state index in [0.29, 0.717) is 0 Å². The molecule has 0 N–H and O–H groups in total. The average molecular weight is 310 g/mol. The molecule has 0 nitrogen and oxygen atoms in total. The van der Waals surface area contributed by atoms with E-state index in [-0.39, 0.29) is 0 Å². The van der Waals surface area contributed by atoms with Crippen molar-refractivity contribution in [2.75, 3.05) is 0 Å². The Hall–Kier alpha value is 0.434. The van der Waals surface area contributed by atoms with E-state index in [0.717, 1.165) is 9.04 Å². The summed E-state index contributed by atoms with van der Waals surface area (Å²) in [6, 6.07) is 1.38. The summed E-state index contributed by atoms with van der Waals surface area (Å²) in [5.74, 6) is 0. The molecule has 0 amide bonds. The molecule has 0 heterocycles. The Labute approximate surface area is 134 Å². The van der Waals surface area contributed by atoms with Gasteiger partial charge < -0.3 is 0 Å². The predicted octanol–water partition coefficient (Wildman–Crippen LogP) is 6.45. The lowest BCUT2D eigenvalue weighted by atomic mass is 10.0. The zero-order chi connectivity index (χ0) is 14.7. The topological polar surface area (TPSA) is 0 Å². The molecule has 0 aromatic heterocycles. The molecule has 0 aliphatic carbocycles. The van der Waals surface area contributed by atoms with Crippen LogP contribution >= 0.6 is 0 Å². The van der Waals surface area contributed by atoms with Crippen molar-refractivity contribution in [1.82, 2.24) is 0 Å². The van der Waals surface area contributed by atoms with Crippen LogP contribution in [0.2, 0.25) is 6.04 Å². The Balaban J connectivity index is 2.89. The van der Waals surface area contributed by atoms with E-state index in [1.165, 1.54) is 109 Å². The quantitative estimate of drug-likeness (QED) is 0.214. The van der Waals surface area contributed by atoms with Crippen molar-refractivity contribution in [2.24, 2.45) is 0 Å². The molecule has 0 atom stereocenters. The average Bonchev–Trinajstić information content (AvgIpc) is 2.47. The van der Waals surface area contributed by atoms with Crippen molar-refractivity contribution in [2.45, 2.75) is 116 Å². The number of unbranched alkanes of at least 4 members (excludes halogenated alkanes) is 15. The number of rotatable bonds is 17. The van der Waals surface area contributed by atoms with Gasteiger partial charge in [0.05, 0.1) is 0 Å². The van der Waals surface area contributed by atoms with Gasteiger partial charge in [-0.05, 0) is 0 Å². The second kappa shape index (κ2) is 19.4. The minimum absolute atomic E-state index is 0.974. The molecular formula is C18H37Si2. The Bertz CT molecular complexity index is 141. The summed E-state index contributed by atoms with van der Waals surface area (Å²) in [5.41, 5.74) is 0. The monoisotopic (exact) mass is 309 g/mol. The standard InChI is InChI=1S/C18H37Si2/c1-2-3-4-5-6-7-8-9-10-11-12-13-14-15-16-17-18-20-19/h2-18H2,1H3. The largest absolute Gasteiger partial charge is 0.0654 e. The van der Waals surface area contributed by atoms with Crippen LogP contribution in [0.4, 0.5) is 0 Å². The molecule has 5 radical (unpaired) electrons. The first-order valence-corrected chi connectivity index (χ1v) is 12.0. The van der Waals surface area contributed by atoms with Gasteiger partial charge in [-0.2, -0.15) is 0 Å². The van der Waals surface area contributed by atoms with Gasteiger partial charge in [-0.1, -0.05) is 116 Å². The zero-order valence-electron chi connectivity index (χ0n) is 14.0. The minimum atomic E-state index is 0.974. The second-order valence-corrected chi connectivity index (χ2v) is 8.14. The highest BCUT2D eigenvalue weighted by Gasteiger charge is 1.94.